The van der Waals surface area contributed by atoms with Crippen molar-refractivity contribution in [3.8, 4) is 23.0 Å². The van der Waals surface area contributed by atoms with Gasteiger partial charge in [-0.15, -0.1) is 0 Å². The lowest BCUT2D eigenvalue weighted by Crippen LogP contribution is -2.36. The summed E-state index contributed by atoms with van der Waals surface area (Å²) in [4.78, 5) is 12.2. The number of rotatable bonds is 8. The number of carbonyl (C=O) groups is 1. The molecule has 2 heterocycles. The van der Waals surface area contributed by atoms with Gasteiger partial charge in [-0.25, -0.2) is 0 Å². The monoisotopic (exact) mass is 592 g/mol. The molecule has 11 heteroatoms. The Morgan fingerprint density at radius 3 is 2.40 bits per heavy atom. The van der Waals surface area contributed by atoms with Crippen molar-refractivity contribution in [2.24, 2.45) is 11.8 Å². The number of aliphatic hydroxyl groups excluding tert-OH is 2. The molecule has 6 unspecified atom stereocenters. The van der Waals surface area contributed by atoms with Crippen LogP contribution in [0.4, 0.5) is 0 Å². The highest BCUT2D eigenvalue weighted by atomic mass is 16.7. The van der Waals surface area contributed by atoms with E-state index in [4.69, 9.17) is 38.3 Å². The number of hydrogen-bond donors (Lipinski definition) is 3. The third-order valence-electron chi connectivity index (χ3n) is 7.65. The summed E-state index contributed by atoms with van der Waals surface area (Å²) < 4.78 is 37.3. The lowest BCUT2D eigenvalue weighted by molar-refractivity contribution is -0.185. The lowest BCUT2D eigenvalue weighted by Gasteiger charge is -2.37. The molecule has 0 saturated carbocycles. The average molecular weight is 593 g/mol. The number of benzene rings is 2. The Hall–Kier alpha value is -2.93. The Balaban J connectivity index is 0.000000290. The van der Waals surface area contributed by atoms with E-state index in [9.17, 15) is 15.0 Å². The maximum atomic E-state index is 12.2. The Bertz CT molecular complexity index is 1150. The summed E-state index contributed by atoms with van der Waals surface area (Å²) >= 11 is 0. The molecule has 1 fully saturated rings. The minimum Gasteiger partial charge on any atom is -0.504 e. The third-order valence-corrected chi connectivity index (χ3v) is 7.65. The van der Waals surface area contributed by atoms with Crippen LogP contribution in [-0.4, -0.2) is 95.2 Å². The first-order valence-corrected chi connectivity index (χ1v) is 13.9. The highest BCUT2D eigenvalue weighted by molar-refractivity contribution is 5.64. The van der Waals surface area contributed by atoms with Gasteiger partial charge in [-0.3, -0.25) is 0 Å². The molecule has 0 radical (unpaired) electrons. The van der Waals surface area contributed by atoms with Gasteiger partial charge in [0.1, 0.15) is 6.29 Å². The topological polar surface area (TPSA) is 142 Å². The lowest BCUT2D eigenvalue weighted by atomic mass is 9.67. The molecule has 11 nitrogen and oxygen atoms in total. The van der Waals surface area contributed by atoms with E-state index >= 15 is 0 Å². The molecule has 5 rings (SSSR count). The molecule has 0 aromatic heterocycles. The van der Waals surface area contributed by atoms with Crippen LogP contribution in [0, 0.1) is 18.8 Å². The van der Waals surface area contributed by atoms with E-state index in [0.717, 1.165) is 42.3 Å². The van der Waals surface area contributed by atoms with Crippen molar-refractivity contribution in [1.29, 1.82) is 0 Å². The van der Waals surface area contributed by atoms with Crippen LogP contribution < -0.4 is 14.2 Å². The van der Waals surface area contributed by atoms with E-state index in [1.807, 2.05) is 38.1 Å². The van der Waals surface area contributed by atoms with Crippen molar-refractivity contribution in [1.82, 2.24) is 0 Å². The summed E-state index contributed by atoms with van der Waals surface area (Å²) in [7, 11) is 5.76. The number of aldehydes is 1. The van der Waals surface area contributed by atoms with Crippen LogP contribution in [0.1, 0.15) is 41.5 Å². The van der Waals surface area contributed by atoms with Crippen LogP contribution in [0.25, 0.3) is 0 Å². The first-order chi connectivity index (χ1) is 20.3. The molecule has 3 N–H and O–H groups in total. The largest absolute Gasteiger partial charge is 0.504 e. The molecule has 1 aliphatic carbocycles. The van der Waals surface area contributed by atoms with Crippen molar-refractivity contribution in [2.75, 3.05) is 55.1 Å². The van der Waals surface area contributed by atoms with E-state index < -0.39 is 6.10 Å². The van der Waals surface area contributed by atoms with Crippen LogP contribution in [-0.2, 0) is 30.2 Å². The number of phenolic OH excluding ortho intramolecular Hbond substituents is 1. The molecule has 2 aliphatic heterocycles. The Morgan fingerprint density at radius 2 is 1.79 bits per heavy atom. The highest BCUT2D eigenvalue weighted by Crippen LogP contribution is 2.49. The van der Waals surface area contributed by atoms with Gasteiger partial charge in [0.2, 0.25) is 6.79 Å². The van der Waals surface area contributed by atoms with Crippen LogP contribution in [0.3, 0.4) is 0 Å². The van der Waals surface area contributed by atoms with Crippen molar-refractivity contribution in [3.05, 3.63) is 46.5 Å². The number of hydrogen-bond acceptors (Lipinski definition) is 11. The summed E-state index contributed by atoms with van der Waals surface area (Å²) in [6, 6.07) is 7.73. The standard InChI is InChI=1S/C22H24O6.C8H16O4.CH4O/c1-12-4-14(7-20(26-3)22(12)24)21-16-8-19-18(27-11-28-19)6-13(16)5-15(10-25-2)17(21)9-23;1-6(10-2)12-8-3-7(9)4-11-5-8;1-2/h4,6-9,15,17,21,24H,5,10-11H2,1-3H3;6-9H,3-5H2,1-2H3;2H,1H3. The molecule has 0 bridgehead atoms. The van der Waals surface area contributed by atoms with Crippen LogP contribution in [0.15, 0.2) is 24.3 Å². The number of ether oxygens (including phenoxy) is 7. The minimum absolute atomic E-state index is 0.0382. The van der Waals surface area contributed by atoms with Crippen molar-refractivity contribution in [2.45, 2.75) is 51.1 Å². The smallest absolute Gasteiger partial charge is 0.231 e. The Morgan fingerprint density at radius 1 is 1.07 bits per heavy atom. The molecular weight excluding hydrogens is 548 g/mol. The SMILES string of the molecule is CO.COC(C)OC1COCC(O)C1.COCC1Cc2cc3c(cc2C(c2cc(C)c(O)c(OC)c2)C1C=O)OCO3. The second-order valence-corrected chi connectivity index (χ2v) is 10.4. The van der Waals surface area contributed by atoms with Gasteiger partial charge < -0.3 is 53.3 Å². The molecule has 0 spiro atoms. The van der Waals surface area contributed by atoms with E-state index in [2.05, 4.69) is 0 Å². The maximum Gasteiger partial charge on any atom is 0.231 e. The summed E-state index contributed by atoms with van der Waals surface area (Å²) in [6.45, 7) is 5.30. The van der Waals surface area contributed by atoms with E-state index in [1.165, 1.54) is 7.11 Å². The zero-order chi connectivity index (χ0) is 30.8. The zero-order valence-corrected chi connectivity index (χ0v) is 25.2. The number of aryl methyl sites for hydroxylation is 1. The second kappa shape index (κ2) is 16.1. The Kier molecular flexibility index (Phi) is 12.8. The fourth-order valence-electron chi connectivity index (χ4n) is 5.65. The number of carbonyl (C=O) groups excluding carboxylic acids is 1. The Labute approximate surface area is 247 Å². The molecule has 42 heavy (non-hydrogen) atoms. The molecule has 3 aliphatic rings. The van der Waals surface area contributed by atoms with Crippen molar-refractivity contribution < 1.29 is 53.3 Å². The quantitative estimate of drug-likeness (QED) is 0.308. The van der Waals surface area contributed by atoms with Gasteiger partial charge in [0.05, 0.1) is 39.1 Å². The molecule has 2 aromatic rings. The number of fused-ring (bicyclic) bond motifs is 2. The molecular formula is C31H44O11. The molecule has 1 saturated heterocycles. The summed E-state index contributed by atoms with van der Waals surface area (Å²) in [5.74, 6) is 1.53. The highest BCUT2D eigenvalue weighted by Gasteiger charge is 2.39. The molecule has 234 valence electrons. The van der Waals surface area contributed by atoms with Crippen LogP contribution >= 0.6 is 0 Å². The van der Waals surface area contributed by atoms with Crippen molar-refractivity contribution >= 4 is 6.29 Å². The minimum atomic E-state index is -0.396. The van der Waals surface area contributed by atoms with Gasteiger partial charge in [-0.1, -0.05) is 6.07 Å². The summed E-state index contributed by atoms with van der Waals surface area (Å²) in [5.41, 5.74) is 3.79. The molecule has 2 aromatic carbocycles. The maximum absolute atomic E-state index is 12.2. The van der Waals surface area contributed by atoms with E-state index in [0.29, 0.717) is 43.3 Å². The fourth-order valence-corrected chi connectivity index (χ4v) is 5.65. The summed E-state index contributed by atoms with van der Waals surface area (Å²) in [5, 5.41) is 26.5. The van der Waals surface area contributed by atoms with Gasteiger partial charge >= 0.3 is 0 Å². The van der Waals surface area contributed by atoms with Crippen molar-refractivity contribution in [3.63, 3.8) is 0 Å². The number of aromatic hydroxyl groups is 1. The number of aliphatic hydroxyl groups is 2. The van der Waals surface area contributed by atoms with E-state index in [1.54, 1.807) is 14.2 Å². The predicted molar refractivity (Wildman–Crippen MR) is 153 cm³/mol. The van der Waals surface area contributed by atoms with Crippen LogP contribution in [0.5, 0.6) is 23.0 Å². The fraction of sp³-hybridized carbons (Fsp3) is 0.581. The summed E-state index contributed by atoms with van der Waals surface area (Å²) in [6.07, 6.45) is 1.72. The number of methoxy groups -OCH3 is 3. The van der Waals surface area contributed by atoms with Gasteiger partial charge in [0.15, 0.2) is 29.3 Å². The van der Waals surface area contributed by atoms with Gasteiger partial charge in [-0.2, -0.15) is 0 Å². The van der Waals surface area contributed by atoms with Gasteiger partial charge in [0, 0.05) is 39.6 Å². The number of phenols is 1. The normalized spacial score (nSPS) is 24.7. The molecule has 0 amide bonds. The van der Waals surface area contributed by atoms with E-state index in [-0.39, 0.29) is 42.7 Å². The third kappa shape index (κ3) is 7.91. The molecule has 6 atom stereocenters. The zero-order valence-electron chi connectivity index (χ0n) is 25.2. The first kappa shape index (κ1) is 33.6. The van der Waals surface area contributed by atoms with Crippen LogP contribution in [0.2, 0.25) is 0 Å². The second-order valence-electron chi connectivity index (χ2n) is 10.4. The van der Waals surface area contributed by atoms with Gasteiger partial charge in [-0.05, 0) is 66.6 Å². The van der Waals surface area contributed by atoms with Gasteiger partial charge in [0.25, 0.3) is 0 Å². The predicted octanol–water partition coefficient (Wildman–Crippen LogP) is 2.96. The average Bonchev–Trinajstić information content (AvgIpc) is 3.45. The first-order valence-electron chi connectivity index (χ1n) is 13.9.